The Morgan fingerprint density at radius 2 is 1.02 bits per heavy atom. The summed E-state index contributed by atoms with van der Waals surface area (Å²) in [4.78, 5) is 2.47. The molecule has 0 N–H and O–H groups in total. The van der Waals surface area contributed by atoms with Crippen molar-refractivity contribution in [2.45, 2.75) is 38.5 Å². The van der Waals surface area contributed by atoms with Crippen LogP contribution in [-0.4, -0.2) is 0 Å². The monoisotopic (exact) mass is 605 g/mol. The zero-order valence-corrected chi connectivity index (χ0v) is 27.5. The van der Waals surface area contributed by atoms with Gasteiger partial charge in [-0.2, -0.15) is 0 Å². The minimum Gasteiger partial charge on any atom is -0.309 e. The number of para-hydroxylation sites is 1. The summed E-state index contributed by atoms with van der Waals surface area (Å²) in [7, 11) is 0. The van der Waals surface area contributed by atoms with Gasteiger partial charge in [-0.05, 0) is 74.7 Å². The highest BCUT2D eigenvalue weighted by Crippen LogP contribution is 2.56. The van der Waals surface area contributed by atoms with Gasteiger partial charge in [0.25, 0.3) is 0 Å². The van der Waals surface area contributed by atoms with Gasteiger partial charge >= 0.3 is 0 Å². The number of benzene rings is 7. The second kappa shape index (κ2) is 11.1. The van der Waals surface area contributed by atoms with Crippen molar-refractivity contribution in [1.82, 2.24) is 0 Å². The van der Waals surface area contributed by atoms with Crippen molar-refractivity contribution in [3.63, 3.8) is 0 Å². The molecule has 0 radical (unpaired) electrons. The molecule has 0 aromatic heterocycles. The van der Waals surface area contributed by atoms with Gasteiger partial charge < -0.3 is 4.90 Å². The maximum Gasteiger partial charge on any atom is 0.0621 e. The van der Waals surface area contributed by atoms with Crippen LogP contribution in [0, 0.1) is 0 Å². The molecule has 1 nitrogen and oxygen atoms in total. The molecule has 47 heavy (non-hydrogen) atoms. The highest BCUT2D eigenvalue weighted by atomic mass is 15.1. The molecule has 0 atom stereocenters. The van der Waals surface area contributed by atoms with Crippen molar-refractivity contribution in [1.29, 1.82) is 0 Å². The molecular weight excluding hydrogens is 567 g/mol. The number of anilines is 3. The Kier molecular flexibility index (Phi) is 6.88. The molecular formula is C46H39N. The zero-order valence-electron chi connectivity index (χ0n) is 27.5. The van der Waals surface area contributed by atoms with E-state index in [0.29, 0.717) is 0 Å². The van der Waals surface area contributed by atoms with E-state index >= 15 is 0 Å². The van der Waals surface area contributed by atoms with Crippen molar-refractivity contribution in [2.75, 3.05) is 4.90 Å². The van der Waals surface area contributed by atoms with E-state index < -0.39 is 0 Å². The lowest BCUT2D eigenvalue weighted by Gasteiger charge is -2.30. The summed E-state index contributed by atoms with van der Waals surface area (Å²) in [6.07, 6.45) is 0. The first-order chi connectivity index (χ1) is 22.8. The second-order valence-corrected chi connectivity index (χ2v) is 13.8. The maximum absolute atomic E-state index is 2.47. The average Bonchev–Trinajstić information content (AvgIpc) is 3.35. The third-order valence-electron chi connectivity index (χ3n) is 10.4. The smallest absolute Gasteiger partial charge is 0.0621 e. The number of hydrogen-bond donors (Lipinski definition) is 0. The number of rotatable bonds is 6. The molecule has 8 rings (SSSR count). The lowest BCUT2D eigenvalue weighted by molar-refractivity contribution is 0.641. The molecule has 0 saturated carbocycles. The summed E-state index contributed by atoms with van der Waals surface area (Å²) in [6.45, 7) is 9.33. The predicted octanol–water partition coefficient (Wildman–Crippen LogP) is 12.6. The predicted molar refractivity (Wildman–Crippen MR) is 200 cm³/mol. The standard InChI is InChI=1S/C46H39N/c1-45(2,35-16-7-5-8-17-35)36-27-23-32(24-28-36)33-25-29-38(30-26-33)47(37-18-9-6-10-19-37)44-39-20-12-11-15-34(39)31-42-43(44)40-21-13-14-22-41(40)46(42,3)4/h5-31H,1-4H3. The van der Waals surface area contributed by atoms with Crippen LogP contribution < -0.4 is 4.90 Å². The topological polar surface area (TPSA) is 3.24 Å². The quantitative estimate of drug-likeness (QED) is 0.182. The van der Waals surface area contributed by atoms with Crippen molar-refractivity contribution >= 4 is 27.8 Å². The Labute approximate surface area is 278 Å². The molecule has 7 aromatic rings. The van der Waals surface area contributed by atoms with Gasteiger partial charge in [-0.15, -0.1) is 0 Å². The third-order valence-corrected chi connectivity index (χ3v) is 10.4. The number of fused-ring (bicyclic) bond motifs is 4. The normalized spacial score (nSPS) is 13.3. The van der Waals surface area contributed by atoms with E-state index in [0.717, 1.165) is 11.4 Å². The lowest BCUT2D eigenvalue weighted by atomic mass is 9.78. The molecule has 1 heteroatoms. The van der Waals surface area contributed by atoms with Gasteiger partial charge in [-0.1, -0.05) is 161 Å². The summed E-state index contributed by atoms with van der Waals surface area (Å²) in [5.41, 5.74) is 13.8. The Morgan fingerprint density at radius 1 is 0.489 bits per heavy atom. The molecule has 0 unspecified atom stereocenters. The molecule has 0 aliphatic heterocycles. The summed E-state index contributed by atoms with van der Waals surface area (Å²) in [5, 5.41) is 2.52. The van der Waals surface area contributed by atoms with Gasteiger partial charge in [0.05, 0.1) is 5.69 Å². The van der Waals surface area contributed by atoms with Gasteiger partial charge in [0.1, 0.15) is 0 Å². The first-order valence-corrected chi connectivity index (χ1v) is 16.6. The molecule has 0 heterocycles. The SMILES string of the molecule is CC(C)(c1ccccc1)c1ccc(-c2ccc(N(c3ccccc3)c3c4c(cc5ccccc35)C(C)(C)c3ccccc3-4)cc2)cc1. The van der Waals surface area contributed by atoms with Gasteiger partial charge in [0.2, 0.25) is 0 Å². The van der Waals surface area contributed by atoms with Crippen LogP contribution in [0.15, 0.2) is 164 Å². The van der Waals surface area contributed by atoms with Crippen LogP contribution in [0.25, 0.3) is 33.0 Å². The van der Waals surface area contributed by atoms with Crippen molar-refractivity contribution in [3.8, 4) is 22.3 Å². The fourth-order valence-corrected chi connectivity index (χ4v) is 7.61. The molecule has 0 saturated heterocycles. The van der Waals surface area contributed by atoms with E-state index in [-0.39, 0.29) is 10.8 Å². The number of hydrogen-bond acceptors (Lipinski definition) is 1. The average molecular weight is 606 g/mol. The van der Waals surface area contributed by atoms with Crippen molar-refractivity contribution in [3.05, 3.63) is 186 Å². The van der Waals surface area contributed by atoms with Crippen LogP contribution in [0.4, 0.5) is 17.1 Å². The first kappa shape index (κ1) is 29.0. The molecule has 7 aromatic carbocycles. The van der Waals surface area contributed by atoms with Crippen LogP contribution in [0.2, 0.25) is 0 Å². The van der Waals surface area contributed by atoms with E-state index in [4.69, 9.17) is 0 Å². The lowest BCUT2D eigenvalue weighted by Crippen LogP contribution is -2.18. The summed E-state index contributed by atoms with van der Waals surface area (Å²) < 4.78 is 0. The van der Waals surface area contributed by atoms with Crippen LogP contribution in [0.3, 0.4) is 0 Å². The van der Waals surface area contributed by atoms with E-state index in [2.05, 4.69) is 196 Å². The van der Waals surface area contributed by atoms with Crippen LogP contribution in [-0.2, 0) is 10.8 Å². The Balaban J connectivity index is 1.26. The van der Waals surface area contributed by atoms with Crippen LogP contribution in [0.5, 0.6) is 0 Å². The minimum absolute atomic E-state index is 0.0638. The van der Waals surface area contributed by atoms with E-state index in [9.17, 15) is 0 Å². The van der Waals surface area contributed by atoms with Crippen LogP contribution in [0.1, 0.15) is 49.9 Å². The van der Waals surface area contributed by atoms with E-state index in [1.54, 1.807) is 0 Å². The molecule has 0 bridgehead atoms. The second-order valence-electron chi connectivity index (χ2n) is 13.8. The van der Waals surface area contributed by atoms with Gasteiger partial charge in [0, 0.05) is 33.2 Å². The van der Waals surface area contributed by atoms with Crippen molar-refractivity contribution < 1.29 is 0 Å². The Hall–Kier alpha value is -5.40. The minimum atomic E-state index is -0.0990. The highest BCUT2D eigenvalue weighted by molar-refractivity contribution is 6.09. The fraction of sp³-hybridized carbons (Fsp3) is 0.130. The molecule has 0 amide bonds. The molecule has 1 aliphatic rings. The summed E-state index contributed by atoms with van der Waals surface area (Å²) in [6, 6.07) is 60.0. The molecule has 228 valence electrons. The van der Waals surface area contributed by atoms with Gasteiger partial charge in [-0.25, -0.2) is 0 Å². The van der Waals surface area contributed by atoms with Gasteiger partial charge in [-0.3, -0.25) is 0 Å². The molecule has 0 fully saturated rings. The highest BCUT2D eigenvalue weighted by Gasteiger charge is 2.39. The zero-order chi connectivity index (χ0) is 32.2. The Bertz CT molecular complexity index is 2210. The van der Waals surface area contributed by atoms with Crippen LogP contribution >= 0.6 is 0 Å². The largest absolute Gasteiger partial charge is 0.309 e. The molecule has 1 aliphatic carbocycles. The van der Waals surface area contributed by atoms with E-state index in [1.807, 2.05) is 0 Å². The third kappa shape index (κ3) is 4.77. The fourth-order valence-electron chi connectivity index (χ4n) is 7.61. The van der Waals surface area contributed by atoms with Crippen molar-refractivity contribution in [2.24, 2.45) is 0 Å². The molecule has 0 spiro atoms. The first-order valence-electron chi connectivity index (χ1n) is 16.6. The van der Waals surface area contributed by atoms with E-state index in [1.165, 1.54) is 61.0 Å². The Morgan fingerprint density at radius 3 is 1.72 bits per heavy atom. The summed E-state index contributed by atoms with van der Waals surface area (Å²) >= 11 is 0. The summed E-state index contributed by atoms with van der Waals surface area (Å²) in [5.74, 6) is 0. The number of nitrogens with zero attached hydrogens (tertiary/aromatic N) is 1. The van der Waals surface area contributed by atoms with Gasteiger partial charge in [0.15, 0.2) is 0 Å². The maximum atomic E-state index is 2.47.